The first-order valence-electron chi connectivity index (χ1n) is 5.81. The van der Waals surface area contributed by atoms with E-state index < -0.39 is 0 Å². The molecule has 0 aliphatic heterocycles. The maximum absolute atomic E-state index is 6.07. The monoisotopic (exact) mass is 304 g/mol. The Morgan fingerprint density at radius 3 is 2.94 bits per heavy atom. The molecule has 6 heteroatoms. The lowest BCUT2D eigenvalue weighted by Crippen LogP contribution is -2.14. The number of hydrogen-bond acceptors (Lipinski definition) is 4. The number of thiophene rings is 1. The molecule has 18 heavy (non-hydrogen) atoms. The molecule has 0 radical (unpaired) electrons. The lowest BCUT2D eigenvalue weighted by Gasteiger charge is -1.98. The average Bonchev–Trinajstić information content (AvgIpc) is 2.91. The van der Waals surface area contributed by atoms with Crippen molar-refractivity contribution in [3.05, 3.63) is 26.8 Å². The van der Waals surface area contributed by atoms with Gasteiger partial charge in [0.05, 0.1) is 10.5 Å². The van der Waals surface area contributed by atoms with E-state index in [0.29, 0.717) is 14.4 Å². The van der Waals surface area contributed by atoms with E-state index in [-0.39, 0.29) is 0 Å². The van der Waals surface area contributed by atoms with Gasteiger partial charge in [0.2, 0.25) is 0 Å². The lowest BCUT2D eigenvalue weighted by atomic mass is 10.3. The number of nitrogens with one attached hydrogen (secondary N) is 1. The van der Waals surface area contributed by atoms with Crippen molar-refractivity contribution in [2.45, 2.75) is 19.8 Å². The minimum absolute atomic E-state index is 0.635. The van der Waals surface area contributed by atoms with E-state index in [1.54, 1.807) is 12.3 Å². The molecule has 0 unspecified atom stereocenters. The summed E-state index contributed by atoms with van der Waals surface area (Å²) in [5.41, 5.74) is 0.817. The van der Waals surface area contributed by atoms with E-state index in [1.807, 2.05) is 0 Å². The molecule has 2 rings (SSSR count). The van der Waals surface area contributed by atoms with E-state index >= 15 is 0 Å². The maximum Gasteiger partial charge on any atom is 0.194 e. The summed E-state index contributed by atoms with van der Waals surface area (Å²) in [7, 11) is 0. The quantitative estimate of drug-likeness (QED) is 0.811. The van der Waals surface area contributed by atoms with Crippen molar-refractivity contribution in [2.75, 3.05) is 13.1 Å². The first-order valence-corrected chi connectivity index (χ1v) is 7.38. The predicted octanol–water partition coefficient (Wildman–Crippen LogP) is 4.25. The molecule has 0 saturated carbocycles. The smallest absolute Gasteiger partial charge is 0.194 e. The van der Waals surface area contributed by atoms with Gasteiger partial charge in [-0.05, 0) is 25.6 Å². The summed E-state index contributed by atoms with van der Waals surface area (Å²) < 4.78 is 6.96. The van der Waals surface area contributed by atoms with E-state index in [2.05, 4.69) is 17.2 Å². The average molecular weight is 305 g/mol. The highest BCUT2D eigenvalue weighted by molar-refractivity contribution is 7.20. The van der Waals surface area contributed by atoms with Crippen LogP contribution in [0.25, 0.3) is 11.3 Å². The molecule has 2 heterocycles. The Kier molecular flexibility index (Phi) is 5.06. The molecule has 2 aromatic rings. The largest absolute Gasteiger partial charge is 0.441 e. The Bertz CT molecular complexity index is 510. The highest BCUT2D eigenvalue weighted by atomic mass is 35.5. The van der Waals surface area contributed by atoms with Gasteiger partial charge in [0.1, 0.15) is 4.34 Å². The van der Waals surface area contributed by atoms with Gasteiger partial charge in [-0.15, -0.1) is 11.3 Å². The SMILES string of the molecule is CCNCCCc1ncc(-c2cc(Cl)sc2Cl)o1. The molecule has 0 saturated heterocycles. The minimum atomic E-state index is 0.635. The topological polar surface area (TPSA) is 38.1 Å². The van der Waals surface area contributed by atoms with Gasteiger partial charge in [-0.25, -0.2) is 4.98 Å². The van der Waals surface area contributed by atoms with Crippen LogP contribution in [0.1, 0.15) is 19.2 Å². The molecule has 0 fully saturated rings. The first kappa shape index (κ1) is 13.9. The standard InChI is InChI=1S/C12H14Cl2N2OS/c1-2-15-5-3-4-11-16-7-9(17-11)8-6-10(13)18-12(8)14/h6-7,15H,2-5H2,1H3. The molecule has 0 bridgehead atoms. The maximum atomic E-state index is 6.07. The van der Waals surface area contributed by atoms with E-state index in [4.69, 9.17) is 27.6 Å². The van der Waals surface area contributed by atoms with Gasteiger partial charge in [0.15, 0.2) is 11.7 Å². The van der Waals surface area contributed by atoms with Crippen LogP contribution in [0.4, 0.5) is 0 Å². The van der Waals surface area contributed by atoms with Gasteiger partial charge in [0, 0.05) is 12.0 Å². The molecule has 0 spiro atoms. The Hall–Kier alpha value is -0.550. The van der Waals surface area contributed by atoms with Crippen LogP contribution in [0.3, 0.4) is 0 Å². The van der Waals surface area contributed by atoms with E-state index in [1.165, 1.54) is 11.3 Å². The van der Waals surface area contributed by atoms with Crippen LogP contribution < -0.4 is 5.32 Å². The van der Waals surface area contributed by atoms with Crippen LogP contribution in [0.15, 0.2) is 16.7 Å². The Morgan fingerprint density at radius 1 is 1.44 bits per heavy atom. The predicted molar refractivity (Wildman–Crippen MR) is 76.7 cm³/mol. The van der Waals surface area contributed by atoms with Gasteiger partial charge >= 0.3 is 0 Å². The van der Waals surface area contributed by atoms with Crippen LogP contribution in [0.2, 0.25) is 8.67 Å². The number of nitrogens with zero attached hydrogens (tertiary/aromatic N) is 1. The van der Waals surface area contributed by atoms with E-state index in [0.717, 1.165) is 37.4 Å². The third-order valence-electron chi connectivity index (χ3n) is 2.47. The Balaban J connectivity index is 1.99. The number of halogens is 2. The van der Waals surface area contributed by atoms with Crippen molar-refractivity contribution >= 4 is 34.5 Å². The normalized spacial score (nSPS) is 11.1. The summed E-state index contributed by atoms with van der Waals surface area (Å²) in [5.74, 6) is 1.42. The zero-order valence-corrected chi connectivity index (χ0v) is 12.3. The summed E-state index contributed by atoms with van der Waals surface area (Å²) >= 11 is 13.3. The molecule has 0 aliphatic carbocycles. The zero-order chi connectivity index (χ0) is 13.0. The molecular weight excluding hydrogens is 291 g/mol. The second-order valence-corrected chi connectivity index (χ2v) is 6.10. The summed E-state index contributed by atoms with van der Waals surface area (Å²) in [6.07, 6.45) is 3.53. The third kappa shape index (κ3) is 3.48. The number of rotatable bonds is 6. The van der Waals surface area contributed by atoms with E-state index in [9.17, 15) is 0 Å². The molecule has 0 amide bonds. The minimum Gasteiger partial charge on any atom is -0.441 e. The van der Waals surface area contributed by atoms with Gasteiger partial charge in [-0.3, -0.25) is 0 Å². The number of aryl methyl sites for hydroxylation is 1. The third-order valence-corrected chi connectivity index (χ3v) is 3.96. The molecule has 3 nitrogen and oxygen atoms in total. The van der Waals surface area contributed by atoms with Crippen LogP contribution in [0.5, 0.6) is 0 Å². The molecule has 2 aromatic heterocycles. The van der Waals surface area contributed by atoms with Crippen LogP contribution in [-0.4, -0.2) is 18.1 Å². The van der Waals surface area contributed by atoms with Crippen molar-refractivity contribution in [3.63, 3.8) is 0 Å². The summed E-state index contributed by atoms with van der Waals surface area (Å²) in [6, 6.07) is 1.80. The zero-order valence-electron chi connectivity index (χ0n) is 10.0. The summed E-state index contributed by atoms with van der Waals surface area (Å²) in [5, 5.41) is 3.26. The fraction of sp³-hybridized carbons (Fsp3) is 0.417. The van der Waals surface area contributed by atoms with Crippen molar-refractivity contribution in [3.8, 4) is 11.3 Å². The molecule has 98 valence electrons. The van der Waals surface area contributed by atoms with Crippen LogP contribution >= 0.6 is 34.5 Å². The molecular formula is C12H14Cl2N2OS. The van der Waals surface area contributed by atoms with Crippen LogP contribution in [-0.2, 0) is 6.42 Å². The van der Waals surface area contributed by atoms with Gasteiger partial charge in [0.25, 0.3) is 0 Å². The summed E-state index contributed by atoms with van der Waals surface area (Å²) in [4.78, 5) is 4.25. The fourth-order valence-corrected chi connectivity index (χ4v) is 3.07. The van der Waals surface area contributed by atoms with Crippen molar-refractivity contribution < 1.29 is 4.42 Å². The fourth-order valence-electron chi connectivity index (χ4n) is 1.60. The second-order valence-electron chi connectivity index (χ2n) is 3.81. The van der Waals surface area contributed by atoms with Gasteiger partial charge in [-0.2, -0.15) is 0 Å². The summed E-state index contributed by atoms with van der Waals surface area (Å²) in [6.45, 7) is 4.05. The van der Waals surface area contributed by atoms with Crippen molar-refractivity contribution in [1.82, 2.24) is 10.3 Å². The highest BCUT2D eigenvalue weighted by Gasteiger charge is 2.13. The second kappa shape index (κ2) is 6.57. The highest BCUT2D eigenvalue weighted by Crippen LogP contribution is 2.38. The van der Waals surface area contributed by atoms with Gasteiger partial charge in [-0.1, -0.05) is 30.1 Å². The Morgan fingerprint density at radius 2 is 2.28 bits per heavy atom. The van der Waals surface area contributed by atoms with Crippen LogP contribution in [0, 0.1) is 0 Å². The number of oxazole rings is 1. The van der Waals surface area contributed by atoms with Crippen molar-refractivity contribution in [2.24, 2.45) is 0 Å². The van der Waals surface area contributed by atoms with Crippen molar-refractivity contribution in [1.29, 1.82) is 0 Å². The Labute approximate surface area is 120 Å². The molecule has 0 aromatic carbocycles. The number of hydrogen-bond donors (Lipinski definition) is 1. The number of aromatic nitrogens is 1. The van der Waals surface area contributed by atoms with Gasteiger partial charge < -0.3 is 9.73 Å². The molecule has 0 atom stereocenters. The lowest BCUT2D eigenvalue weighted by molar-refractivity contribution is 0.493. The molecule has 1 N–H and O–H groups in total. The molecule has 0 aliphatic rings. The first-order chi connectivity index (χ1) is 8.70.